The molecule has 4 atom stereocenters. The summed E-state index contributed by atoms with van der Waals surface area (Å²) >= 11 is 0. The number of hydrogen-bond acceptors (Lipinski definition) is 4. The van der Waals surface area contributed by atoms with Gasteiger partial charge >= 0.3 is 0 Å². The molecule has 3 aliphatic rings. The third kappa shape index (κ3) is 3.66. The SMILES string of the molecule is CCN1CCC([C@H](C)N2CCC([C@H](C)N3CCOCC3)C2)C1. The molecule has 4 nitrogen and oxygen atoms in total. The highest BCUT2D eigenvalue weighted by molar-refractivity contribution is 4.91. The van der Waals surface area contributed by atoms with Gasteiger partial charge in [-0.1, -0.05) is 6.92 Å². The van der Waals surface area contributed by atoms with Crippen LogP contribution >= 0.6 is 0 Å². The zero-order valence-corrected chi connectivity index (χ0v) is 14.8. The Morgan fingerprint density at radius 3 is 2.18 bits per heavy atom. The summed E-state index contributed by atoms with van der Waals surface area (Å²) in [7, 11) is 0. The van der Waals surface area contributed by atoms with E-state index in [1.807, 2.05) is 0 Å². The van der Waals surface area contributed by atoms with E-state index < -0.39 is 0 Å². The van der Waals surface area contributed by atoms with Gasteiger partial charge in [-0.25, -0.2) is 0 Å². The Kier molecular flexibility index (Phi) is 5.77. The Balaban J connectivity index is 1.49. The van der Waals surface area contributed by atoms with E-state index in [1.54, 1.807) is 0 Å². The van der Waals surface area contributed by atoms with Crippen LogP contribution in [0.1, 0.15) is 33.6 Å². The fourth-order valence-corrected chi connectivity index (χ4v) is 4.70. The topological polar surface area (TPSA) is 19.0 Å². The second-order valence-corrected chi connectivity index (χ2v) is 7.62. The van der Waals surface area contributed by atoms with Gasteiger partial charge in [0, 0.05) is 38.3 Å². The lowest BCUT2D eigenvalue weighted by Gasteiger charge is -2.36. The van der Waals surface area contributed by atoms with E-state index in [-0.39, 0.29) is 0 Å². The predicted octanol–water partition coefficient (Wildman–Crippen LogP) is 1.76. The Morgan fingerprint density at radius 1 is 0.864 bits per heavy atom. The number of morpholine rings is 1. The first-order chi connectivity index (χ1) is 10.7. The molecular weight excluding hydrogens is 274 g/mol. The maximum absolute atomic E-state index is 5.50. The van der Waals surface area contributed by atoms with Crippen LogP contribution in [0, 0.1) is 11.8 Å². The molecule has 3 heterocycles. The van der Waals surface area contributed by atoms with E-state index in [9.17, 15) is 0 Å². The van der Waals surface area contributed by atoms with Crippen LogP contribution in [-0.4, -0.2) is 85.8 Å². The van der Waals surface area contributed by atoms with Crippen molar-refractivity contribution >= 4 is 0 Å². The van der Waals surface area contributed by atoms with Crippen molar-refractivity contribution in [2.75, 3.05) is 59.0 Å². The van der Waals surface area contributed by atoms with Gasteiger partial charge in [0.1, 0.15) is 0 Å². The molecule has 0 bridgehead atoms. The van der Waals surface area contributed by atoms with Gasteiger partial charge in [-0.15, -0.1) is 0 Å². The van der Waals surface area contributed by atoms with Crippen molar-refractivity contribution in [3.63, 3.8) is 0 Å². The molecule has 0 aliphatic carbocycles. The van der Waals surface area contributed by atoms with Crippen LogP contribution in [0.4, 0.5) is 0 Å². The molecule has 3 saturated heterocycles. The average molecular weight is 309 g/mol. The molecule has 0 N–H and O–H groups in total. The monoisotopic (exact) mass is 309 g/mol. The van der Waals surface area contributed by atoms with E-state index in [4.69, 9.17) is 4.74 Å². The van der Waals surface area contributed by atoms with Gasteiger partial charge in [0.25, 0.3) is 0 Å². The van der Waals surface area contributed by atoms with Crippen LogP contribution in [0.5, 0.6) is 0 Å². The summed E-state index contributed by atoms with van der Waals surface area (Å²) in [5, 5.41) is 0. The van der Waals surface area contributed by atoms with Crippen LogP contribution in [0.25, 0.3) is 0 Å². The lowest BCUT2D eigenvalue weighted by Crippen LogP contribution is -2.46. The molecule has 0 spiro atoms. The van der Waals surface area contributed by atoms with E-state index >= 15 is 0 Å². The normalized spacial score (nSPS) is 35.0. The fourth-order valence-electron chi connectivity index (χ4n) is 4.70. The van der Waals surface area contributed by atoms with Crippen LogP contribution in [0.3, 0.4) is 0 Å². The van der Waals surface area contributed by atoms with Gasteiger partial charge in [0.15, 0.2) is 0 Å². The maximum Gasteiger partial charge on any atom is 0.0594 e. The van der Waals surface area contributed by atoms with Gasteiger partial charge in [0.2, 0.25) is 0 Å². The Morgan fingerprint density at radius 2 is 1.50 bits per heavy atom. The summed E-state index contributed by atoms with van der Waals surface area (Å²) in [5.74, 6) is 1.74. The molecule has 0 saturated carbocycles. The minimum Gasteiger partial charge on any atom is -0.379 e. The molecule has 0 amide bonds. The molecule has 0 aromatic heterocycles. The first-order valence-electron chi connectivity index (χ1n) is 9.47. The Bertz CT molecular complexity index is 345. The van der Waals surface area contributed by atoms with Crippen LogP contribution in [0.2, 0.25) is 0 Å². The van der Waals surface area contributed by atoms with Crippen molar-refractivity contribution in [3.05, 3.63) is 0 Å². The van der Waals surface area contributed by atoms with Crippen molar-refractivity contribution in [2.45, 2.75) is 45.7 Å². The number of hydrogen-bond donors (Lipinski definition) is 0. The molecule has 2 unspecified atom stereocenters. The molecular formula is C18H35N3O. The molecule has 0 aromatic carbocycles. The summed E-state index contributed by atoms with van der Waals surface area (Å²) in [6.07, 6.45) is 2.78. The molecule has 0 aromatic rings. The highest BCUT2D eigenvalue weighted by atomic mass is 16.5. The lowest BCUT2D eigenvalue weighted by molar-refractivity contribution is 0.00756. The highest BCUT2D eigenvalue weighted by Crippen LogP contribution is 2.30. The second kappa shape index (κ2) is 7.61. The second-order valence-electron chi connectivity index (χ2n) is 7.62. The fraction of sp³-hybridized carbons (Fsp3) is 1.00. The van der Waals surface area contributed by atoms with Crippen molar-refractivity contribution in [1.29, 1.82) is 0 Å². The van der Waals surface area contributed by atoms with Crippen molar-refractivity contribution in [1.82, 2.24) is 14.7 Å². The van der Waals surface area contributed by atoms with Crippen LogP contribution in [0.15, 0.2) is 0 Å². The predicted molar refractivity (Wildman–Crippen MR) is 91.2 cm³/mol. The molecule has 4 heteroatoms. The summed E-state index contributed by atoms with van der Waals surface area (Å²) in [6, 6.07) is 1.48. The Hall–Kier alpha value is -0.160. The summed E-state index contributed by atoms with van der Waals surface area (Å²) in [6.45, 7) is 17.8. The van der Waals surface area contributed by atoms with Gasteiger partial charge < -0.3 is 9.64 Å². The third-order valence-electron chi connectivity index (χ3n) is 6.57. The highest BCUT2D eigenvalue weighted by Gasteiger charge is 2.36. The van der Waals surface area contributed by atoms with Gasteiger partial charge in [0.05, 0.1) is 13.2 Å². The zero-order valence-electron chi connectivity index (χ0n) is 14.8. The zero-order chi connectivity index (χ0) is 15.5. The van der Waals surface area contributed by atoms with Crippen LogP contribution < -0.4 is 0 Å². The average Bonchev–Trinajstić information content (AvgIpc) is 3.23. The maximum atomic E-state index is 5.50. The number of nitrogens with zero attached hydrogens (tertiary/aromatic N) is 3. The molecule has 3 fully saturated rings. The molecule has 3 rings (SSSR count). The first kappa shape index (κ1) is 16.7. The minimum absolute atomic E-state index is 0.719. The quantitative estimate of drug-likeness (QED) is 0.770. The summed E-state index contributed by atoms with van der Waals surface area (Å²) in [4.78, 5) is 8.05. The molecule has 3 aliphatic heterocycles. The van der Waals surface area contributed by atoms with Crippen molar-refractivity contribution < 1.29 is 4.74 Å². The number of ether oxygens (including phenoxy) is 1. The lowest BCUT2D eigenvalue weighted by atomic mass is 9.97. The standard InChI is InChI=1S/C18H35N3O/c1-4-19-7-5-17(13-19)16(3)21-8-6-18(14-21)15(2)20-9-11-22-12-10-20/h15-18H,4-14H2,1-3H3/t15-,16-,17?,18?/m0/s1. The molecule has 0 radical (unpaired) electrons. The van der Waals surface area contributed by atoms with Gasteiger partial charge in [-0.3, -0.25) is 9.80 Å². The summed E-state index contributed by atoms with van der Waals surface area (Å²) < 4.78 is 5.50. The Labute approximate surface area is 136 Å². The third-order valence-corrected chi connectivity index (χ3v) is 6.57. The van der Waals surface area contributed by atoms with E-state index in [2.05, 4.69) is 35.5 Å². The number of rotatable bonds is 5. The largest absolute Gasteiger partial charge is 0.379 e. The van der Waals surface area contributed by atoms with Crippen molar-refractivity contribution in [3.8, 4) is 0 Å². The van der Waals surface area contributed by atoms with E-state index in [1.165, 1.54) is 45.6 Å². The van der Waals surface area contributed by atoms with Crippen molar-refractivity contribution in [2.24, 2.45) is 11.8 Å². The van der Waals surface area contributed by atoms with E-state index in [0.29, 0.717) is 0 Å². The van der Waals surface area contributed by atoms with Crippen LogP contribution in [-0.2, 0) is 4.74 Å². The van der Waals surface area contributed by atoms with Gasteiger partial charge in [-0.2, -0.15) is 0 Å². The minimum atomic E-state index is 0.719. The van der Waals surface area contributed by atoms with E-state index in [0.717, 1.165) is 50.2 Å². The smallest absolute Gasteiger partial charge is 0.0594 e. The first-order valence-corrected chi connectivity index (χ1v) is 9.47. The van der Waals surface area contributed by atoms with Gasteiger partial charge in [-0.05, 0) is 58.2 Å². The molecule has 128 valence electrons. The number of likely N-dealkylation sites (tertiary alicyclic amines) is 2. The molecule has 22 heavy (non-hydrogen) atoms. The summed E-state index contributed by atoms with van der Waals surface area (Å²) in [5.41, 5.74) is 0.